The van der Waals surface area contributed by atoms with E-state index in [1.807, 2.05) is 24.3 Å². The molecular weight excluding hydrogens is 316 g/mol. The molecule has 0 aliphatic carbocycles. The van der Waals surface area contributed by atoms with Crippen molar-refractivity contribution in [1.29, 1.82) is 0 Å². The Balaban J connectivity index is 1.51. The van der Waals surface area contributed by atoms with Crippen LogP contribution in [0.1, 0.15) is 48.3 Å². The van der Waals surface area contributed by atoms with E-state index in [1.54, 1.807) is 0 Å². The zero-order valence-electron chi connectivity index (χ0n) is 14.3. The summed E-state index contributed by atoms with van der Waals surface area (Å²) < 4.78 is 2.13. The van der Waals surface area contributed by atoms with Crippen LogP contribution in [-0.2, 0) is 13.0 Å². The first-order valence-electron chi connectivity index (χ1n) is 8.56. The van der Waals surface area contributed by atoms with Crippen LogP contribution >= 0.6 is 0 Å². The molecule has 1 atom stereocenters. The van der Waals surface area contributed by atoms with E-state index in [2.05, 4.69) is 43.9 Å². The van der Waals surface area contributed by atoms with E-state index >= 15 is 0 Å². The molecule has 1 aromatic carbocycles. The van der Waals surface area contributed by atoms with Crippen LogP contribution in [0.2, 0.25) is 0 Å². The molecule has 3 heterocycles. The van der Waals surface area contributed by atoms with Crippen LogP contribution in [0.15, 0.2) is 30.5 Å². The predicted molar refractivity (Wildman–Crippen MR) is 93.2 cm³/mol. The Bertz CT molecular complexity index is 932. The summed E-state index contributed by atoms with van der Waals surface area (Å²) in [4.78, 5) is 21.3. The SMILES string of the molecule is CC(C)c1nnc2n1CC(NC(=O)c1cnc3ccccc3n1)CC2. The smallest absolute Gasteiger partial charge is 0.271 e. The molecule has 4 rings (SSSR count). The number of fused-ring (bicyclic) bond motifs is 2. The molecule has 1 unspecified atom stereocenters. The van der Waals surface area contributed by atoms with E-state index in [9.17, 15) is 4.79 Å². The van der Waals surface area contributed by atoms with Crippen molar-refractivity contribution in [2.45, 2.75) is 45.2 Å². The highest BCUT2D eigenvalue weighted by molar-refractivity contribution is 5.93. The molecule has 0 fully saturated rings. The average molecular weight is 336 g/mol. The second-order valence-electron chi connectivity index (χ2n) is 6.69. The Kier molecular flexibility index (Phi) is 3.91. The summed E-state index contributed by atoms with van der Waals surface area (Å²) in [6, 6.07) is 7.58. The summed E-state index contributed by atoms with van der Waals surface area (Å²) in [5.41, 5.74) is 1.85. The van der Waals surface area contributed by atoms with Crippen LogP contribution in [0.4, 0.5) is 0 Å². The van der Waals surface area contributed by atoms with Gasteiger partial charge in [0.05, 0.1) is 17.2 Å². The highest BCUT2D eigenvalue weighted by atomic mass is 16.2. The van der Waals surface area contributed by atoms with Crippen molar-refractivity contribution < 1.29 is 4.79 Å². The van der Waals surface area contributed by atoms with Crippen molar-refractivity contribution >= 4 is 16.9 Å². The van der Waals surface area contributed by atoms with Gasteiger partial charge in [0.25, 0.3) is 5.91 Å². The molecule has 0 saturated heterocycles. The lowest BCUT2D eigenvalue weighted by molar-refractivity contribution is 0.0922. The number of rotatable bonds is 3. The fourth-order valence-electron chi connectivity index (χ4n) is 3.22. The molecule has 0 saturated carbocycles. The molecule has 1 amide bonds. The van der Waals surface area contributed by atoms with E-state index in [1.165, 1.54) is 6.20 Å². The number of benzene rings is 1. The Morgan fingerprint density at radius 2 is 2.04 bits per heavy atom. The zero-order valence-corrected chi connectivity index (χ0v) is 14.3. The number of hydrogen-bond acceptors (Lipinski definition) is 5. The fraction of sp³-hybridized carbons (Fsp3) is 0.389. The summed E-state index contributed by atoms with van der Waals surface area (Å²) >= 11 is 0. The lowest BCUT2D eigenvalue weighted by Crippen LogP contribution is -2.41. The molecule has 128 valence electrons. The molecule has 7 heteroatoms. The predicted octanol–water partition coefficient (Wildman–Crippen LogP) is 2.09. The first-order valence-corrected chi connectivity index (χ1v) is 8.56. The Hall–Kier alpha value is -2.83. The number of aromatic nitrogens is 5. The van der Waals surface area contributed by atoms with Crippen LogP contribution in [0, 0.1) is 0 Å². The standard InChI is InChI=1S/C18H20N6O/c1-11(2)17-23-22-16-8-7-12(10-24(16)17)20-18(25)15-9-19-13-5-3-4-6-14(13)21-15/h3-6,9,11-12H,7-8,10H2,1-2H3,(H,20,25). The topological polar surface area (TPSA) is 85.6 Å². The second-order valence-corrected chi connectivity index (χ2v) is 6.69. The molecule has 2 aromatic heterocycles. The minimum atomic E-state index is -0.189. The van der Waals surface area contributed by atoms with E-state index in [4.69, 9.17) is 0 Å². The van der Waals surface area contributed by atoms with Gasteiger partial charge >= 0.3 is 0 Å². The number of nitrogens with one attached hydrogen (secondary N) is 1. The van der Waals surface area contributed by atoms with E-state index in [0.29, 0.717) is 18.2 Å². The van der Waals surface area contributed by atoms with Gasteiger partial charge in [-0.3, -0.25) is 9.78 Å². The van der Waals surface area contributed by atoms with Gasteiger partial charge in [-0.2, -0.15) is 0 Å². The summed E-state index contributed by atoms with van der Waals surface area (Å²) in [6.45, 7) is 4.90. The third-order valence-corrected chi connectivity index (χ3v) is 4.51. The van der Waals surface area contributed by atoms with Crippen LogP contribution in [0.3, 0.4) is 0 Å². The van der Waals surface area contributed by atoms with E-state index < -0.39 is 0 Å². The molecule has 0 radical (unpaired) electrons. The van der Waals surface area contributed by atoms with Gasteiger partial charge in [-0.15, -0.1) is 10.2 Å². The molecule has 0 spiro atoms. The van der Waals surface area contributed by atoms with Crippen molar-refractivity contribution in [3.63, 3.8) is 0 Å². The molecule has 1 aliphatic heterocycles. The van der Waals surface area contributed by atoms with Gasteiger partial charge in [-0.1, -0.05) is 26.0 Å². The Morgan fingerprint density at radius 1 is 1.24 bits per heavy atom. The number of carbonyl (C=O) groups excluding carboxylic acids is 1. The normalized spacial score (nSPS) is 16.8. The molecule has 25 heavy (non-hydrogen) atoms. The molecular formula is C18H20N6O. The summed E-state index contributed by atoms with van der Waals surface area (Å²) in [7, 11) is 0. The fourth-order valence-corrected chi connectivity index (χ4v) is 3.22. The zero-order chi connectivity index (χ0) is 17.4. The highest BCUT2D eigenvalue weighted by Gasteiger charge is 2.25. The second kappa shape index (κ2) is 6.23. The van der Waals surface area contributed by atoms with Gasteiger partial charge in [0.1, 0.15) is 17.3 Å². The van der Waals surface area contributed by atoms with Crippen molar-refractivity contribution in [3.05, 3.63) is 47.8 Å². The number of aryl methyl sites for hydroxylation is 1. The van der Waals surface area contributed by atoms with E-state index in [0.717, 1.165) is 35.5 Å². The lowest BCUT2D eigenvalue weighted by Gasteiger charge is -2.25. The monoisotopic (exact) mass is 336 g/mol. The quantitative estimate of drug-likeness (QED) is 0.791. The third-order valence-electron chi connectivity index (χ3n) is 4.51. The van der Waals surface area contributed by atoms with Crippen LogP contribution in [0.5, 0.6) is 0 Å². The Morgan fingerprint density at radius 3 is 2.84 bits per heavy atom. The van der Waals surface area contributed by atoms with Gasteiger partial charge < -0.3 is 9.88 Å². The minimum absolute atomic E-state index is 0.0433. The first kappa shape index (κ1) is 15.7. The largest absolute Gasteiger partial charge is 0.346 e. The van der Waals surface area contributed by atoms with Crippen molar-refractivity contribution in [2.75, 3.05) is 0 Å². The molecule has 3 aromatic rings. The maximum Gasteiger partial charge on any atom is 0.271 e. The van der Waals surface area contributed by atoms with Crippen LogP contribution in [0.25, 0.3) is 11.0 Å². The minimum Gasteiger partial charge on any atom is -0.346 e. The number of nitrogens with zero attached hydrogens (tertiary/aromatic N) is 5. The van der Waals surface area contributed by atoms with Crippen LogP contribution < -0.4 is 5.32 Å². The highest BCUT2D eigenvalue weighted by Crippen LogP contribution is 2.20. The maximum atomic E-state index is 12.6. The average Bonchev–Trinajstić information content (AvgIpc) is 3.04. The maximum absolute atomic E-state index is 12.6. The van der Waals surface area contributed by atoms with Crippen molar-refractivity contribution in [2.24, 2.45) is 0 Å². The molecule has 0 bridgehead atoms. The lowest BCUT2D eigenvalue weighted by atomic mass is 10.1. The van der Waals surface area contributed by atoms with Crippen molar-refractivity contribution in [3.8, 4) is 0 Å². The van der Waals surface area contributed by atoms with Gasteiger partial charge in [0.15, 0.2) is 0 Å². The van der Waals surface area contributed by atoms with Crippen molar-refractivity contribution in [1.82, 2.24) is 30.0 Å². The summed E-state index contributed by atoms with van der Waals surface area (Å²) in [6.07, 6.45) is 3.20. The molecule has 7 nitrogen and oxygen atoms in total. The van der Waals surface area contributed by atoms with Crippen LogP contribution in [-0.4, -0.2) is 36.7 Å². The van der Waals surface area contributed by atoms with Gasteiger partial charge in [0.2, 0.25) is 0 Å². The number of hydrogen-bond donors (Lipinski definition) is 1. The van der Waals surface area contributed by atoms with Gasteiger partial charge in [-0.05, 0) is 18.6 Å². The Labute approximate surface area is 145 Å². The van der Waals surface area contributed by atoms with E-state index in [-0.39, 0.29) is 11.9 Å². The molecule has 1 aliphatic rings. The first-order chi connectivity index (χ1) is 12.1. The summed E-state index contributed by atoms with van der Waals surface area (Å²) in [5.74, 6) is 2.09. The number of amides is 1. The number of carbonyl (C=O) groups is 1. The van der Waals surface area contributed by atoms with Gasteiger partial charge in [0, 0.05) is 24.9 Å². The van der Waals surface area contributed by atoms with Gasteiger partial charge in [-0.25, -0.2) is 4.98 Å². The third kappa shape index (κ3) is 2.97. The summed E-state index contributed by atoms with van der Waals surface area (Å²) in [5, 5.41) is 11.6. The molecule has 1 N–H and O–H groups in total. The number of para-hydroxylation sites is 2.